The van der Waals surface area contributed by atoms with E-state index in [0.29, 0.717) is 0 Å². The van der Waals surface area contributed by atoms with Crippen LogP contribution in [0.2, 0.25) is 0 Å². The quantitative estimate of drug-likeness (QED) is 0.503. The lowest BCUT2D eigenvalue weighted by Gasteiger charge is -2.32. The number of ether oxygens (including phenoxy) is 2. The zero-order valence-electron chi connectivity index (χ0n) is 18.1. The van der Waals surface area contributed by atoms with E-state index in [1.165, 1.54) is 22.3 Å². The van der Waals surface area contributed by atoms with Gasteiger partial charge >= 0.3 is 0 Å². The molecule has 4 rings (SSSR count). The maximum atomic E-state index is 5.63. The van der Waals surface area contributed by atoms with E-state index in [9.17, 15) is 0 Å². The van der Waals surface area contributed by atoms with Crippen LogP contribution in [0, 0.1) is 0 Å². The van der Waals surface area contributed by atoms with E-state index in [2.05, 4.69) is 86.8 Å². The number of benzene rings is 3. The number of hydrogen-bond acceptors (Lipinski definition) is 4. The Morgan fingerprint density at radius 2 is 1.52 bits per heavy atom. The molecule has 31 heavy (non-hydrogen) atoms. The molecule has 5 heteroatoms. The SMILES string of the molecule is COc1cc(Br)c(C(c2ccc(-c3ccccc3)cc2)N2CCCNCC2)cc1OC. The molecule has 0 saturated carbocycles. The third kappa shape index (κ3) is 4.95. The Bertz CT molecular complexity index is 984. The zero-order valence-corrected chi connectivity index (χ0v) is 19.7. The van der Waals surface area contributed by atoms with E-state index in [-0.39, 0.29) is 6.04 Å². The minimum Gasteiger partial charge on any atom is -0.493 e. The average Bonchev–Trinajstić information content (AvgIpc) is 3.10. The lowest BCUT2D eigenvalue weighted by molar-refractivity contribution is 0.239. The molecule has 1 aliphatic heterocycles. The Morgan fingerprint density at radius 1 is 0.839 bits per heavy atom. The normalized spacial score (nSPS) is 15.8. The van der Waals surface area contributed by atoms with Gasteiger partial charge in [0, 0.05) is 24.1 Å². The first-order valence-electron chi connectivity index (χ1n) is 10.7. The summed E-state index contributed by atoms with van der Waals surface area (Å²) in [6, 6.07) is 23.7. The summed E-state index contributed by atoms with van der Waals surface area (Å²) in [4.78, 5) is 2.56. The Labute approximate surface area is 193 Å². The maximum Gasteiger partial charge on any atom is 0.161 e. The molecule has 0 aliphatic carbocycles. The van der Waals surface area contributed by atoms with Gasteiger partial charge in [0.25, 0.3) is 0 Å². The van der Waals surface area contributed by atoms with E-state index >= 15 is 0 Å². The fraction of sp³-hybridized carbons (Fsp3) is 0.308. The Balaban J connectivity index is 1.77. The second-order valence-electron chi connectivity index (χ2n) is 7.76. The lowest BCUT2D eigenvalue weighted by Crippen LogP contribution is -2.33. The van der Waals surface area contributed by atoms with Crippen molar-refractivity contribution >= 4 is 15.9 Å². The van der Waals surface area contributed by atoms with Crippen LogP contribution < -0.4 is 14.8 Å². The molecule has 0 spiro atoms. The number of nitrogens with one attached hydrogen (secondary N) is 1. The summed E-state index contributed by atoms with van der Waals surface area (Å²) < 4.78 is 12.2. The van der Waals surface area contributed by atoms with E-state index in [4.69, 9.17) is 9.47 Å². The highest BCUT2D eigenvalue weighted by Gasteiger charge is 2.26. The van der Waals surface area contributed by atoms with Crippen molar-refractivity contribution in [3.8, 4) is 22.6 Å². The van der Waals surface area contributed by atoms with Crippen molar-refractivity contribution in [2.24, 2.45) is 0 Å². The molecular weight excluding hydrogens is 452 g/mol. The molecule has 1 fully saturated rings. The summed E-state index contributed by atoms with van der Waals surface area (Å²) in [5.41, 5.74) is 4.92. The summed E-state index contributed by atoms with van der Waals surface area (Å²) in [5, 5.41) is 3.52. The topological polar surface area (TPSA) is 33.7 Å². The summed E-state index contributed by atoms with van der Waals surface area (Å²) >= 11 is 3.81. The van der Waals surface area contributed by atoms with Crippen molar-refractivity contribution in [1.29, 1.82) is 0 Å². The second-order valence-corrected chi connectivity index (χ2v) is 8.61. The Kier molecular flexibility index (Phi) is 7.28. The van der Waals surface area contributed by atoms with Gasteiger partial charge < -0.3 is 14.8 Å². The number of methoxy groups -OCH3 is 2. The molecule has 1 aliphatic rings. The molecule has 1 unspecified atom stereocenters. The zero-order chi connectivity index (χ0) is 21.6. The molecular formula is C26H29BrN2O2. The van der Waals surface area contributed by atoms with Crippen molar-refractivity contribution < 1.29 is 9.47 Å². The van der Waals surface area contributed by atoms with Crippen LogP contribution in [0.4, 0.5) is 0 Å². The van der Waals surface area contributed by atoms with E-state index in [0.717, 1.165) is 48.6 Å². The second kappa shape index (κ2) is 10.3. The molecule has 3 aromatic carbocycles. The first-order valence-corrected chi connectivity index (χ1v) is 11.5. The first kappa shape index (κ1) is 21.9. The Hall–Kier alpha value is -2.34. The Morgan fingerprint density at radius 3 is 2.23 bits per heavy atom. The third-order valence-electron chi connectivity index (χ3n) is 5.87. The van der Waals surface area contributed by atoms with Crippen molar-refractivity contribution in [2.45, 2.75) is 12.5 Å². The van der Waals surface area contributed by atoms with Gasteiger partial charge in [0.15, 0.2) is 11.5 Å². The van der Waals surface area contributed by atoms with Gasteiger partial charge in [-0.25, -0.2) is 0 Å². The maximum absolute atomic E-state index is 5.63. The van der Waals surface area contributed by atoms with Crippen molar-refractivity contribution in [2.75, 3.05) is 40.4 Å². The predicted molar refractivity (Wildman–Crippen MR) is 130 cm³/mol. The third-order valence-corrected chi connectivity index (χ3v) is 6.56. The monoisotopic (exact) mass is 480 g/mol. The highest BCUT2D eigenvalue weighted by Crippen LogP contribution is 2.41. The van der Waals surface area contributed by atoms with Gasteiger partial charge in [-0.3, -0.25) is 4.90 Å². The molecule has 1 N–H and O–H groups in total. The minimum atomic E-state index is 0.124. The van der Waals surface area contributed by atoms with Gasteiger partial charge in [0.05, 0.1) is 20.3 Å². The molecule has 1 atom stereocenters. The van der Waals surface area contributed by atoms with Crippen LogP contribution in [0.15, 0.2) is 71.2 Å². The number of hydrogen-bond donors (Lipinski definition) is 1. The van der Waals surface area contributed by atoms with E-state index in [1.54, 1.807) is 14.2 Å². The van der Waals surface area contributed by atoms with Gasteiger partial charge in [0.1, 0.15) is 0 Å². The van der Waals surface area contributed by atoms with Crippen molar-refractivity contribution in [3.05, 3.63) is 82.3 Å². The van der Waals surface area contributed by atoms with Crippen LogP contribution in [-0.2, 0) is 0 Å². The fourth-order valence-electron chi connectivity index (χ4n) is 4.28. The molecule has 1 saturated heterocycles. The van der Waals surface area contributed by atoms with Crippen LogP contribution in [0.5, 0.6) is 11.5 Å². The predicted octanol–water partition coefficient (Wildman–Crippen LogP) is 5.52. The number of rotatable bonds is 6. The van der Waals surface area contributed by atoms with Gasteiger partial charge in [-0.2, -0.15) is 0 Å². The van der Waals surface area contributed by atoms with Crippen LogP contribution in [0.1, 0.15) is 23.6 Å². The summed E-state index contributed by atoms with van der Waals surface area (Å²) in [6.45, 7) is 4.08. The van der Waals surface area contributed by atoms with Gasteiger partial charge in [-0.05, 0) is 47.4 Å². The molecule has 0 bridgehead atoms. The lowest BCUT2D eigenvalue weighted by atomic mass is 9.94. The smallest absolute Gasteiger partial charge is 0.161 e. The average molecular weight is 481 g/mol. The molecule has 0 amide bonds. The first-order chi connectivity index (χ1) is 15.2. The molecule has 1 heterocycles. The van der Waals surface area contributed by atoms with Crippen LogP contribution in [0.25, 0.3) is 11.1 Å². The van der Waals surface area contributed by atoms with Crippen LogP contribution >= 0.6 is 15.9 Å². The van der Waals surface area contributed by atoms with Gasteiger partial charge in [-0.1, -0.05) is 70.5 Å². The molecule has 0 radical (unpaired) electrons. The fourth-order valence-corrected chi connectivity index (χ4v) is 4.82. The van der Waals surface area contributed by atoms with E-state index in [1.807, 2.05) is 6.07 Å². The highest BCUT2D eigenvalue weighted by molar-refractivity contribution is 9.10. The van der Waals surface area contributed by atoms with Gasteiger partial charge in [-0.15, -0.1) is 0 Å². The summed E-state index contributed by atoms with van der Waals surface area (Å²) in [7, 11) is 3.36. The number of nitrogens with zero attached hydrogens (tertiary/aromatic N) is 1. The highest BCUT2D eigenvalue weighted by atomic mass is 79.9. The largest absolute Gasteiger partial charge is 0.493 e. The molecule has 0 aromatic heterocycles. The standard InChI is InChI=1S/C26H29BrN2O2/c1-30-24-17-22(23(27)18-25(24)31-2)26(29-15-6-13-28-14-16-29)21-11-9-20(10-12-21)19-7-4-3-5-8-19/h3-5,7-12,17-18,26,28H,6,13-16H2,1-2H3. The molecule has 3 aromatic rings. The molecule has 162 valence electrons. The van der Waals surface area contributed by atoms with Crippen molar-refractivity contribution in [3.63, 3.8) is 0 Å². The summed E-state index contributed by atoms with van der Waals surface area (Å²) in [6.07, 6.45) is 1.13. The van der Waals surface area contributed by atoms with Crippen LogP contribution in [0.3, 0.4) is 0 Å². The number of halogens is 1. The van der Waals surface area contributed by atoms with E-state index < -0.39 is 0 Å². The van der Waals surface area contributed by atoms with Crippen molar-refractivity contribution in [1.82, 2.24) is 10.2 Å². The van der Waals surface area contributed by atoms with Crippen LogP contribution in [-0.4, -0.2) is 45.3 Å². The molecule has 4 nitrogen and oxygen atoms in total. The van der Waals surface area contributed by atoms with Gasteiger partial charge in [0.2, 0.25) is 0 Å². The summed E-state index contributed by atoms with van der Waals surface area (Å²) in [5.74, 6) is 1.48. The minimum absolute atomic E-state index is 0.124.